The average molecular weight is 295 g/mol. The number of hydrogen-bond acceptors (Lipinski definition) is 3. The summed E-state index contributed by atoms with van der Waals surface area (Å²) in [4.78, 5) is 14.5. The van der Waals surface area contributed by atoms with Crippen molar-refractivity contribution < 1.29 is 4.79 Å². The topological polar surface area (TPSA) is 44.4 Å². The van der Waals surface area contributed by atoms with Gasteiger partial charge in [-0.25, -0.2) is 0 Å². The second-order valence-electron chi connectivity index (χ2n) is 7.45. The molecule has 0 bridgehead atoms. The Morgan fingerprint density at radius 2 is 2.10 bits per heavy atom. The molecule has 4 heteroatoms. The number of rotatable bonds is 7. The van der Waals surface area contributed by atoms with Gasteiger partial charge in [0, 0.05) is 25.2 Å². The highest BCUT2D eigenvalue weighted by Crippen LogP contribution is 2.24. The summed E-state index contributed by atoms with van der Waals surface area (Å²) in [6.07, 6.45) is 6.16. The van der Waals surface area contributed by atoms with Crippen molar-refractivity contribution in [3.63, 3.8) is 0 Å². The Hall–Kier alpha value is -0.610. The summed E-state index contributed by atoms with van der Waals surface area (Å²) < 4.78 is 0. The van der Waals surface area contributed by atoms with Crippen molar-refractivity contribution >= 4 is 5.91 Å². The van der Waals surface area contributed by atoms with Gasteiger partial charge >= 0.3 is 0 Å². The van der Waals surface area contributed by atoms with Crippen LogP contribution >= 0.6 is 0 Å². The number of carbonyl (C=O) groups is 1. The van der Waals surface area contributed by atoms with E-state index >= 15 is 0 Å². The van der Waals surface area contributed by atoms with Crippen molar-refractivity contribution in [2.75, 3.05) is 26.2 Å². The van der Waals surface area contributed by atoms with Gasteiger partial charge in [-0.2, -0.15) is 0 Å². The number of nitrogens with one attached hydrogen (secondary N) is 2. The van der Waals surface area contributed by atoms with E-state index in [2.05, 4.69) is 36.3 Å². The highest BCUT2D eigenvalue weighted by atomic mass is 16.2. The maximum atomic E-state index is 12.1. The van der Waals surface area contributed by atoms with Crippen LogP contribution in [-0.4, -0.2) is 49.1 Å². The fourth-order valence-corrected chi connectivity index (χ4v) is 3.69. The minimum atomic E-state index is 0.200. The molecule has 21 heavy (non-hydrogen) atoms. The van der Waals surface area contributed by atoms with Gasteiger partial charge in [0.15, 0.2) is 0 Å². The molecule has 0 aliphatic carbocycles. The van der Waals surface area contributed by atoms with Crippen molar-refractivity contribution in [1.82, 2.24) is 15.5 Å². The molecule has 4 nitrogen and oxygen atoms in total. The van der Waals surface area contributed by atoms with E-state index in [4.69, 9.17) is 0 Å². The minimum Gasteiger partial charge on any atom is -0.353 e. The first-order chi connectivity index (χ1) is 10.0. The van der Waals surface area contributed by atoms with Crippen LogP contribution in [0.3, 0.4) is 0 Å². The normalized spacial score (nSPS) is 27.6. The van der Waals surface area contributed by atoms with Crippen LogP contribution in [0, 0.1) is 11.8 Å². The zero-order chi connectivity index (χ0) is 15.2. The molecule has 2 rings (SSSR count). The predicted molar refractivity (Wildman–Crippen MR) is 87.2 cm³/mol. The van der Waals surface area contributed by atoms with Gasteiger partial charge in [-0.1, -0.05) is 26.7 Å². The first-order valence-corrected chi connectivity index (χ1v) is 8.79. The van der Waals surface area contributed by atoms with Gasteiger partial charge in [0.1, 0.15) is 0 Å². The quantitative estimate of drug-likeness (QED) is 0.755. The van der Waals surface area contributed by atoms with Crippen LogP contribution in [0.1, 0.15) is 52.9 Å². The molecule has 2 N–H and O–H groups in total. The molecule has 122 valence electrons. The molecule has 0 radical (unpaired) electrons. The first kappa shape index (κ1) is 16.8. The third-order valence-corrected chi connectivity index (χ3v) is 4.87. The number of hydrogen-bond donors (Lipinski definition) is 2. The Morgan fingerprint density at radius 3 is 2.81 bits per heavy atom. The monoisotopic (exact) mass is 295 g/mol. The van der Waals surface area contributed by atoms with Gasteiger partial charge in [-0.05, 0) is 44.6 Å². The second-order valence-corrected chi connectivity index (χ2v) is 7.45. The summed E-state index contributed by atoms with van der Waals surface area (Å²) in [6, 6.07) is 0.925. The minimum absolute atomic E-state index is 0.200. The summed E-state index contributed by atoms with van der Waals surface area (Å²) in [5.41, 5.74) is 0. The Morgan fingerprint density at radius 1 is 1.29 bits per heavy atom. The first-order valence-electron chi connectivity index (χ1n) is 8.79. The number of fused-ring (bicyclic) bond motifs is 1. The summed E-state index contributed by atoms with van der Waals surface area (Å²) in [5, 5.41) is 6.75. The summed E-state index contributed by atoms with van der Waals surface area (Å²) in [7, 11) is 0. The van der Waals surface area contributed by atoms with Crippen LogP contribution in [-0.2, 0) is 4.79 Å². The second kappa shape index (κ2) is 8.14. The van der Waals surface area contributed by atoms with Gasteiger partial charge in [0.05, 0.1) is 6.54 Å². The molecular weight excluding hydrogens is 262 g/mol. The lowest BCUT2D eigenvalue weighted by atomic mass is 9.94. The highest BCUT2D eigenvalue weighted by molar-refractivity contribution is 5.78. The van der Waals surface area contributed by atoms with E-state index in [1.165, 1.54) is 25.7 Å². The third kappa shape index (κ3) is 5.59. The molecule has 0 aromatic carbocycles. The SMILES string of the molecule is CC(C)CCCC(C)NC(=O)CN1C[C@@H]2CCCN[C@@H]2C1. The number of amides is 1. The standard InChI is InChI=1S/C17H33N3O/c1-13(2)6-4-7-14(3)19-17(21)12-20-10-15-8-5-9-18-16(15)11-20/h13-16,18H,4-12H2,1-3H3,(H,19,21)/t14?,15-,16+/m0/s1. The van der Waals surface area contributed by atoms with Crippen molar-refractivity contribution in [2.24, 2.45) is 11.8 Å². The molecule has 2 saturated heterocycles. The molecule has 3 atom stereocenters. The van der Waals surface area contributed by atoms with Crippen LogP contribution in [0.2, 0.25) is 0 Å². The lowest BCUT2D eigenvalue weighted by Crippen LogP contribution is -2.42. The Balaban J connectivity index is 1.63. The molecule has 0 saturated carbocycles. The molecule has 2 aliphatic heterocycles. The summed E-state index contributed by atoms with van der Waals surface area (Å²) in [5.74, 6) is 1.72. The van der Waals surface area contributed by atoms with Crippen molar-refractivity contribution in [3.05, 3.63) is 0 Å². The van der Waals surface area contributed by atoms with E-state index in [0.717, 1.165) is 37.9 Å². The number of nitrogens with zero attached hydrogens (tertiary/aromatic N) is 1. The van der Waals surface area contributed by atoms with Crippen LogP contribution < -0.4 is 10.6 Å². The highest BCUT2D eigenvalue weighted by Gasteiger charge is 2.34. The molecule has 1 unspecified atom stereocenters. The van der Waals surface area contributed by atoms with Crippen LogP contribution in [0.5, 0.6) is 0 Å². The van der Waals surface area contributed by atoms with Gasteiger partial charge in [-0.15, -0.1) is 0 Å². The molecule has 0 aromatic rings. The molecule has 1 amide bonds. The van der Waals surface area contributed by atoms with Crippen LogP contribution in [0.25, 0.3) is 0 Å². The zero-order valence-corrected chi connectivity index (χ0v) is 14.0. The number of carbonyl (C=O) groups excluding carboxylic acids is 1. The molecule has 0 spiro atoms. The van der Waals surface area contributed by atoms with Crippen molar-refractivity contribution in [1.29, 1.82) is 0 Å². The smallest absolute Gasteiger partial charge is 0.234 e. The van der Waals surface area contributed by atoms with Crippen LogP contribution in [0.15, 0.2) is 0 Å². The van der Waals surface area contributed by atoms with Gasteiger partial charge in [-0.3, -0.25) is 9.69 Å². The van der Waals surface area contributed by atoms with E-state index in [-0.39, 0.29) is 5.91 Å². The van der Waals surface area contributed by atoms with E-state index in [1.807, 2.05) is 0 Å². The van der Waals surface area contributed by atoms with Gasteiger partial charge in [0.25, 0.3) is 0 Å². The molecule has 2 heterocycles. The molecule has 0 aromatic heterocycles. The number of piperidine rings is 1. The van der Waals surface area contributed by atoms with Crippen molar-refractivity contribution in [3.8, 4) is 0 Å². The largest absolute Gasteiger partial charge is 0.353 e. The van der Waals surface area contributed by atoms with Crippen LogP contribution in [0.4, 0.5) is 0 Å². The maximum Gasteiger partial charge on any atom is 0.234 e. The molecule has 2 aliphatic rings. The molecular formula is C17H33N3O. The Bertz CT molecular complexity index is 318. The lowest BCUT2D eigenvalue weighted by molar-refractivity contribution is -0.122. The zero-order valence-electron chi connectivity index (χ0n) is 14.0. The lowest BCUT2D eigenvalue weighted by Gasteiger charge is -2.24. The van der Waals surface area contributed by atoms with Gasteiger partial charge < -0.3 is 10.6 Å². The van der Waals surface area contributed by atoms with E-state index < -0.39 is 0 Å². The van der Waals surface area contributed by atoms with E-state index in [1.54, 1.807) is 0 Å². The van der Waals surface area contributed by atoms with Gasteiger partial charge in [0.2, 0.25) is 5.91 Å². The average Bonchev–Trinajstić information content (AvgIpc) is 2.79. The van der Waals surface area contributed by atoms with Crippen molar-refractivity contribution in [2.45, 2.75) is 65.0 Å². The summed E-state index contributed by atoms with van der Waals surface area (Å²) >= 11 is 0. The predicted octanol–water partition coefficient (Wildman–Crippen LogP) is 2.00. The maximum absolute atomic E-state index is 12.1. The fraction of sp³-hybridized carbons (Fsp3) is 0.941. The summed E-state index contributed by atoms with van der Waals surface area (Å²) in [6.45, 7) is 10.5. The molecule has 2 fully saturated rings. The number of likely N-dealkylation sites (tertiary alicyclic amines) is 1. The van der Waals surface area contributed by atoms with E-state index in [9.17, 15) is 4.79 Å². The third-order valence-electron chi connectivity index (χ3n) is 4.87. The Kier molecular flexibility index (Phi) is 6.49. The Labute approximate surface area is 130 Å². The van der Waals surface area contributed by atoms with E-state index in [0.29, 0.717) is 18.6 Å². The fourth-order valence-electron chi connectivity index (χ4n) is 3.69.